The molecule has 118 valence electrons. The van der Waals surface area contributed by atoms with Crippen molar-refractivity contribution < 1.29 is 42.5 Å². The van der Waals surface area contributed by atoms with Crippen molar-refractivity contribution in [2.75, 3.05) is 0 Å². The molecule has 1 aliphatic heterocycles. The second-order valence-corrected chi connectivity index (χ2v) is 6.17. The largest absolute Gasteiger partial charge is 0.458 e. The van der Waals surface area contributed by atoms with Gasteiger partial charge in [0, 0.05) is 11.8 Å². The summed E-state index contributed by atoms with van der Waals surface area (Å²) in [6, 6.07) is 0. The number of hydrogen-bond acceptors (Lipinski definition) is 8. The maximum Gasteiger partial charge on any atom is 0.415 e. The van der Waals surface area contributed by atoms with Crippen molar-refractivity contribution in [3.63, 3.8) is 0 Å². The number of halogens is 2. The van der Waals surface area contributed by atoms with Crippen molar-refractivity contribution in [1.82, 2.24) is 0 Å². The van der Waals surface area contributed by atoms with E-state index in [1.165, 1.54) is 0 Å². The third-order valence-corrected chi connectivity index (χ3v) is 4.86. The Hall–Kier alpha value is -0.970. The molecular formula is C11H12F2O7S. The van der Waals surface area contributed by atoms with Gasteiger partial charge in [0.1, 0.15) is 24.3 Å². The van der Waals surface area contributed by atoms with E-state index in [0.29, 0.717) is 12.8 Å². The zero-order valence-electron chi connectivity index (χ0n) is 10.6. The molecule has 4 fully saturated rings. The highest BCUT2D eigenvalue weighted by atomic mass is 32.2. The number of hydrogen-bond donors (Lipinski definition) is 1. The SMILES string of the molecule is O=C1OC2C3CCC(CC13)C2OC(=O)C(F)(F)SOOO. The molecule has 5 atom stereocenters. The molecule has 1 N–H and O–H groups in total. The van der Waals surface area contributed by atoms with Gasteiger partial charge in [0.05, 0.1) is 5.92 Å². The third-order valence-electron chi connectivity index (χ3n) is 4.36. The lowest BCUT2D eigenvalue weighted by molar-refractivity contribution is -0.433. The van der Waals surface area contributed by atoms with Crippen LogP contribution in [-0.2, 0) is 28.4 Å². The quantitative estimate of drug-likeness (QED) is 0.352. The molecule has 0 amide bonds. The lowest BCUT2D eigenvalue weighted by Crippen LogP contribution is -2.51. The summed E-state index contributed by atoms with van der Waals surface area (Å²) >= 11 is -0.673. The minimum absolute atomic E-state index is 0.0707. The Morgan fingerprint density at radius 3 is 2.90 bits per heavy atom. The highest BCUT2D eigenvalue weighted by Gasteiger charge is 2.60. The summed E-state index contributed by atoms with van der Waals surface area (Å²) in [6.45, 7) is 0. The van der Waals surface area contributed by atoms with Crippen molar-refractivity contribution in [3.05, 3.63) is 0 Å². The van der Waals surface area contributed by atoms with Crippen molar-refractivity contribution >= 4 is 24.0 Å². The molecule has 4 bridgehead atoms. The van der Waals surface area contributed by atoms with Gasteiger partial charge in [0.25, 0.3) is 0 Å². The summed E-state index contributed by atoms with van der Waals surface area (Å²) in [4.78, 5) is 23.2. The van der Waals surface area contributed by atoms with Crippen molar-refractivity contribution in [2.45, 2.75) is 36.7 Å². The first-order valence-electron chi connectivity index (χ1n) is 6.39. The molecule has 3 saturated carbocycles. The molecule has 7 nitrogen and oxygen atoms in total. The fraction of sp³-hybridized carbons (Fsp3) is 0.818. The number of carbonyl (C=O) groups excluding carboxylic acids is 2. The van der Waals surface area contributed by atoms with Gasteiger partial charge in [0.2, 0.25) is 0 Å². The second kappa shape index (κ2) is 5.34. The monoisotopic (exact) mass is 326 g/mol. The molecule has 3 aliphatic carbocycles. The molecule has 1 saturated heterocycles. The molecule has 4 aliphatic rings. The van der Waals surface area contributed by atoms with Crippen molar-refractivity contribution in [3.8, 4) is 0 Å². The number of rotatable bonds is 5. The fourth-order valence-electron chi connectivity index (χ4n) is 3.52. The van der Waals surface area contributed by atoms with Gasteiger partial charge >= 0.3 is 17.2 Å². The summed E-state index contributed by atoms with van der Waals surface area (Å²) in [5.74, 6) is -2.59. The Balaban J connectivity index is 1.68. The van der Waals surface area contributed by atoms with E-state index in [1.54, 1.807) is 0 Å². The summed E-state index contributed by atoms with van der Waals surface area (Å²) in [5.41, 5.74) is 0. The smallest absolute Gasteiger partial charge is 0.415 e. The van der Waals surface area contributed by atoms with Gasteiger partial charge in [-0.05, 0) is 19.3 Å². The van der Waals surface area contributed by atoms with Crippen molar-refractivity contribution in [2.24, 2.45) is 17.8 Å². The van der Waals surface area contributed by atoms with E-state index in [4.69, 9.17) is 14.7 Å². The zero-order valence-corrected chi connectivity index (χ0v) is 11.4. The highest BCUT2D eigenvalue weighted by molar-refractivity contribution is 7.96. The summed E-state index contributed by atoms with van der Waals surface area (Å²) in [7, 11) is 0. The lowest BCUT2D eigenvalue weighted by atomic mass is 9.63. The van der Waals surface area contributed by atoms with E-state index in [9.17, 15) is 18.4 Å². The van der Waals surface area contributed by atoms with E-state index in [1.807, 2.05) is 0 Å². The Labute approximate surface area is 121 Å². The molecule has 0 aromatic heterocycles. The van der Waals surface area contributed by atoms with Gasteiger partial charge in [-0.2, -0.15) is 8.78 Å². The van der Waals surface area contributed by atoms with Crippen LogP contribution in [0.2, 0.25) is 0 Å². The Morgan fingerprint density at radius 2 is 2.19 bits per heavy atom. The topological polar surface area (TPSA) is 91.3 Å². The van der Waals surface area contributed by atoms with Crippen LogP contribution in [0.25, 0.3) is 0 Å². The molecule has 0 radical (unpaired) electrons. The fourth-order valence-corrected chi connectivity index (χ4v) is 3.76. The van der Waals surface area contributed by atoms with E-state index < -0.39 is 35.5 Å². The summed E-state index contributed by atoms with van der Waals surface area (Å²) in [6.07, 6.45) is 0.468. The minimum atomic E-state index is -4.04. The maximum absolute atomic E-state index is 13.4. The molecule has 10 heteroatoms. The Kier molecular flexibility index (Phi) is 3.80. The predicted octanol–water partition coefficient (Wildman–Crippen LogP) is 1.53. The molecular weight excluding hydrogens is 314 g/mol. The average molecular weight is 326 g/mol. The van der Waals surface area contributed by atoms with Gasteiger partial charge in [0.15, 0.2) is 0 Å². The van der Waals surface area contributed by atoms with Crippen LogP contribution in [-0.4, -0.2) is 34.7 Å². The van der Waals surface area contributed by atoms with Crippen LogP contribution in [0.4, 0.5) is 8.78 Å². The number of esters is 2. The first kappa shape index (κ1) is 14.9. The van der Waals surface area contributed by atoms with E-state index in [-0.39, 0.29) is 23.7 Å². The Morgan fingerprint density at radius 1 is 1.43 bits per heavy atom. The van der Waals surface area contributed by atoms with Crippen LogP contribution in [0.1, 0.15) is 19.3 Å². The van der Waals surface area contributed by atoms with Crippen molar-refractivity contribution in [1.29, 1.82) is 0 Å². The van der Waals surface area contributed by atoms with Gasteiger partial charge in [-0.3, -0.25) is 4.79 Å². The van der Waals surface area contributed by atoms with E-state index >= 15 is 0 Å². The lowest BCUT2D eigenvalue weighted by Gasteiger charge is -2.43. The number of alkyl halides is 2. The van der Waals surface area contributed by atoms with Crippen LogP contribution in [0.15, 0.2) is 0 Å². The van der Waals surface area contributed by atoms with E-state index in [0.717, 1.165) is 6.42 Å². The standard InChI is InChI=1S/C11H12F2O7S/c12-11(13,21-20-19-16)10(15)18-7-4-1-2-5-6(3-4)9(14)17-8(5)7/h4-8,16H,1-3H2. The number of fused-ring (bicyclic) bond motifs is 1. The van der Waals surface area contributed by atoms with Crippen LogP contribution in [0.5, 0.6) is 0 Å². The molecule has 4 rings (SSSR count). The predicted molar refractivity (Wildman–Crippen MR) is 61.4 cm³/mol. The summed E-state index contributed by atoms with van der Waals surface area (Å²) in [5, 5.41) is 6.84. The first-order chi connectivity index (χ1) is 9.94. The first-order valence-corrected chi connectivity index (χ1v) is 7.13. The van der Waals surface area contributed by atoms with Gasteiger partial charge in [-0.15, -0.1) is 4.33 Å². The molecule has 1 heterocycles. The van der Waals surface area contributed by atoms with Gasteiger partial charge in [-0.25, -0.2) is 10.1 Å². The molecule has 0 aromatic carbocycles. The normalized spacial score (nSPS) is 37.5. The van der Waals surface area contributed by atoms with Crippen LogP contribution < -0.4 is 0 Å². The number of carbonyl (C=O) groups is 2. The number of ether oxygens (including phenoxy) is 2. The third kappa shape index (κ3) is 2.50. The average Bonchev–Trinajstić information content (AvgIpc) is 2.73. The highest BCUT2D eigenvalue weighted by Crippen LogP contribution is 2.52. The van der Waals surface area contributed by atoms with Crippen LogP contribution in [0, 0.1) is 17.8 Å². The molecule has 21 heavy (non-hydrogen) atoms. The van der Waals surface area contributed by atoms with Gasteiger partial charge in [-0.1, -0.05) is 5.04 Å². The minimum Gasteiger partial charge on any atom is -0.458 e. The molecule has 5 unspecified atom stereocenters. The second-order valence-electron chi connectivity index (χ2n) is 5.36. The van der Waals surface area contributed by atoms with E-state index in [2.05, 4.69) is 9.37 Å². The Bertz CT molecular complexity index is 460. The van der Waals surface area contributed by atoms with Crippen LogP contribution >= 0.6 is 12.0 Å². The van der Waals surface area contributed by atoms with Gasteiger partial charge < -0.3 is 9.47 Å². The molecule has 0 aromatic rings. The van der Waals surface area contributed by atoms with Crippen LogP contribution in [0.3, 0.4) is 0 Å². The zero-order chi connectivity index (χ0) is 15.2. The molecule has 0 spiro atoms. The maximum atomic E-state index is 13.4. The summed E-state index contributed by atoms with van der Waals surface area (Å²) < 4.78 is 40.4.